The van der Waals surface area contributed by atoms with Gasteiger partial charge in [0.15, 0.2) is 0 Å². The normalized spacial score (nSPS) is 19.0. The van der Waals surface area contributed by atoms with E-state index in [1.54, 1.807) is 0 Å². The van der Waals surface area contributed by atoms with Gasteiger partial charge in [-0.15, -0.1) is 0 Å². The number of hydrogen-bond acceptors (Lipinski definition) is 4. The van der Waals surface area contributed by atoms with E-state index in [1.807, 2.05) is 6.92 Å². The first kappa shape index (κ1) is 13.1. The van der Waals surface area contributed by atoms with Gasteiger partial charge in [0.2, 0.25) is 11.8 Å². The molecule has 1 unspecified atom stereocenters. The van der Waals surface area contributed by atoms with Crippen LogP contribution >= 0.6 is 0 Å². The number of nitrogens with one attached hydrogen (secondary N) is 1. The first-order valence-corrected chi connectivity index (χ1v) is 5.87. The van der Waals surface area contributed by atoms with Gasteiger partial charge in [-0.25, -0.2) is 0 Å². The van der Waals surface area contributed by atoms with Crippen LogP contribution in [0.3, 0.4) is 0 Å². The Morgan fingerprint density at radius 1 is 1.38 bits per heavy atom. The van der Waals surface area contributed by atoms with Gasteiger partial charge in [0.25, 0.3) is 0 Å². The summed E-state index contributed by atoms with van der Waals surface area (Å²) in [4.78, 5) is 24.1. The summed E-state index contributed by atoms with van der Waals surface area (Å²) in [5, 5.41) is 12.7. The molecule has 1 rings (SSSR count). The van der Waals surface area contributed by atoms with E-state index in [9.17, 15) is 14.7 Å². The minimum Gasteiger partial charge on any atom is -0.390 e. The Bertz CT molecular complexity index is 240. The van der Waals surface area contributed by atoms with Crippen molar-refractivity contribution in [3.63, 3.8) is 0 Å². The predicted molar refractivity (Wildman–Crippen MR) is 59.7 cm³/mol. The van der Waals surface area contributed by atoms with E-state index < -0.39 is 6.10 Å². The molecule has 5 heteroatoms. The van der Waals surface area contributed by atoms with E-state index in [0.717, 1.165) is 13.0 Å². The Labute approximate surface area is 95.8 Å². The van der Waals surface area contributed by atoms with Crippen LogP contribution in [0, 0.1) is 0 Å². The van der Waals surface area contributed by atoms with Gasteiger partial charge in [-0.2, -0.15) is 0 Å². The lowest BCUT2D eigenvalue weighted by Crippen LogP contribution is -2.46. The molecule has 0 spiro atoms. The van der Waals surface area contributed by atoms with Crippen molar-refractivity contribution in [1.29, 1.82) is 0 Å². The molecule has 1 saturated heterocycles. The maximum absolute atomic E-state index is 11.4. The molecule has 2 amide bonds. The zero-order valence-corrected chi connectivity index (χ0v) is 9.74. The van der Waals surface area contributed by atoms with Crippen molar-refractivity contribution in [3.8, 4) is 0 Å². The molecule has 0 aromatic carbocycles. The monoisotopic (exact) mass is 228 g/mol. The second-order valence-corrected chi connectivity index (χ2v) is 4.11. The van der Waals surface area contributed by atoms with Crippen LogP contribution in [0.4, 0.5) is 0 Å². The molecule has 5 nitrogen and oxygen atoms in total. The highest BCUT2D eigenvalue weighted by Crippen LogP contribution is 2.12. The number of likely N-dealkylation sites (tertiary alicyclic amines) is 1. The number of carbonyl (C=O) groups excluding carboxylic acids is 2. The third-order valence-corrected chi connectivity index (χ3v) is 2.58. The van der Waals surface area contributed by atoms with E-state index >= 15 is 0 Å². The molecule has 1 fully saturated rings. The van der Waals surface area contributed by atoms with E-state index in [2.05, 4.69) is 5.32 Å². The first-order chi connectivity index (χ1) is 7.65. The highest BCUT2D eigenvalue weighted by Gasteiger charge is 2.27. The Balaban J connectivity index is 2.33. The predicted octanol–water partition coefficient (Wildman–Crippen LogP) is -0.114. The maximum atomic E-state index is 11.4. The summed E-state index contributed by atoms with van der Waals surface area (Å²) in [7, 11) is 0. The Morgan fingerprint density at radius 2 is 2.00 bits per heavy atom. The Hall–Kier alpha value is -0.940. The number of aliphatic hydroxyl groups is 1. The zero-order chi connectivity index (χ0) is 12.0. The molecular formula is C11H20N2O3. The second kappa shape index (κ2) is 6.60. The van der Waals surface area contributed by atoms with Crippen LogP contribution in [0.15, 0.2) is 0 Å². The SMILES string of the molecule is CCCNCC(O)CN1C(=O)CCCC1=O. The van der Waals surface area contributed by atoms with Crippen molar-refractivity contribution < 1.29 is 14.7 Å². The third kappa shape index (κ3) is 3.90. The van der Waals surface area contributed by atoms with Crippen molar-refractivity contribution in [2.45, 2.75) is 38.7 Å². The van der Waals surface area contributed by atoms with Crippen LogP contribution in [0.2, 0.25) is 0 Å². The highest BCUT2D eigenvalue weighted by molar-refractivity contribution is 5.97. The molecule has 0 bridgehead atoms. The number of amides is 2. The molecule has 1 heterocycles. The molecule has 92 valence electrons. The highest BCUT2D eigenvalue weighted by atomic mass is 16.3. The largest absolute Gasteiger partial charge is 0.390 e. The smallest absolute Gasteiger partial charge is 0.229 e. The fourth-order valence-electron chi connectivity index (χ4n) is 1.72. The molecule has 1 aliphatic rings. The molecule has 1 aliphatic heterocycles. The Morgan fingerprint density at radius 3 is 2.56 bits per heavy atom. The average Bonchev–Trinajstić information content (AvgIpc) is 2.24. The molecule has 0 saturated carbocycles. The molecule has 16 heavy (non-hydrogen) atoms. The Kier molecular flexibility index (Phi) is 5.42. The van der Waals surface area contributed by atoms with Gasteiger partial charge in [0, 0.05) is 19.4 Å². The van der Waals surface area contributed by atoms with Crippen LogP contribution in [0.1, 0.15) is 32.6 Å². The van der Waals surface area contributed by atoms with Gasteiger partial charge >= 0.3 is 0 Å². The van der Waals surface area contributed by atoms with Gasteiger partial charge in [0.05, 0.1) is 12.6 Å². The summed E-state index contributed by atoms with van der Waals surface area (Å²) in [6, 6.07) is 0. The van der Waals surface area contributed by atoms with Crippen molar-refractivity contribution in [2.75, 3.05) is 19.6 Å². The first-order valence-electron chi connectivity index (χ1n) is 5.87. The van der Waals surface area contributed by atoms with Crippen LogP contribution in [0.5, 0.6) is 0 Å². The second-order valence-electron chi connectivity index (χ2n) is 4.11. The van der Waals surface area contributed by atoms with Gasteiger partial charge in [0.1, 0.15) is 0 Å². The lowest BCUT2D eigenvalue weighted by Gasteiger charge is -2.27. The number of rotatable bonds is 6. The molecule has 1 atom stereocenters. The third-order valence-electron chi connectivity index (χ3n) is 2.58. The van der Waals surface area contributed by atoms with Crippen LogP contribution in [-0.2, 0) is 9.59 Å². The van der Waals surface area contributed by atoms with Crippen LogP contribution in [0.25, 0.3) is 0 Å². The maximum Gasteiger partial charge on any atom is 0.229 e. The number of imide groups is 1. The molecule has 0 aromatic heterocycles. The van der Waals surface area contributed by atoms with Gasteiger partial charge < -0.3 is 10.4 Å². The summed E-state index contributed by atoms with van der Waals surface area (Å²) < 4.78 is 0. The fourth-order valence-corrected chi connectivity index (χ4v) is 1.72. The summed E-state index contributed by atoms with van der Waals surface area (Å²) in [5.74, 6) is -0.323. The van der Waals surface area contributed by atoms with Gasteiger partial charge in [-0.1, -0.05) is 6.92 Å². The van der Waals surface area contributed by atoms with Gasteiger partial charge in [-0.3, -0.25) is 14.5 Å². The minimum atomic E-state index is -0.669. The minimum absolute atomic E-state index is 0.119. The van der Waals surface area contributed by atoms with Crippen molar-refractivity contribution in [2.24, 2.45) is 0 Å². The quantitative estimate of drug-likeness (QED) is 0.491. The lowest BCUT2D eigenvalue weighted by atomic mass is 10.1. The molecule has 0 aliphatic carbocycles. The number of nitrogens with zero attached hydrogens (tertiary/aromatic N) is 1. The topological polar surface area (TPSA) is 69.6 Å². The fraction of sp³-hybridized carbons (Fsp3) is 0.818. The van der Waals surface area contributed by atoms with Crippen molar-refractivity contribution in [1.82, 2.24) is 10.2 Å². The summed E-state index contributed by atoms with van der Waals surface area (Å²) in [6.45, 7) is 3.41. The van der Waals surface area contributed by atoms with E-state index in [0.29, 0.717) is 25.8 Å². The summed E-state index contributed by atoms with van der Waals surface area (Å²) in [6.07, 6.45) is 1.80. The number of carbonyl (C=O) groups is 2. The molecule has 2 N–H and O–H groups in total. The molecule has 0 radical (unpaired) electrons. The van der Waals surface area contributed by atoms with E-state index in [-0.39, 0.29) is 18.4 Å². The lowest BCUT2D eigenvalue weighted by molar-refractivity contribution is -0.149. The van der Waals surface area contributed by atoms with Crippen molar-refractivity contribution >= 4 is 11.8 Å². The summed E-state index contributed by atoms with van der Waals surface area (Å²) in [5.41, 5.74) is 0. The number of hydrogen-bond donors (Lipinski definition) is 2. The summed E-state index contributed by atoms with van der Waals surface area (Å²) >= 11 is 0. The average molecular weight is 228 g/mol. The van der Waals surface area contributed by atoms with E-state index in [1.165, 1.54) is 4.90 Å². The van der Waals surface area contributed by atoms with Crippen LogP contribution in [-0.4, -0.2) is 47.6 Å². The standard InChI is InChI=1S/C11H20N2O3/c1-2-6-12-7-9(14)8-13-10(15)4-3-5-11(13)16/h9,12,14H,2-8H2,1H3. The van der Waals surface area contributed by atoms with Crippen LogP contribution < -0.4 is 5.32 Å². The number of aliphatic hydroxyl groups excluding tert-OH is 1. The zero-order valence-electron chi connectivity index (χ0n) is 9.74. The van der Waals surface area contributed by atoms with Gasteiger partial charge in [-0.05, 0) is 19.4 Å². The molecular weight excluding hydrogens is 208 g/mol. The number of piperidine rings is 1. The van der Waals surface area contributed by atoms with Crippen molar-refractivity contribution in [3.05, 3.63) is 0 Å². The van der Waals surface area contributed by atoms with E-state index in [4.69, 9.17) is 0 Å². The number of β-amino-alcohol motifs (C(OH)–C–C–N with tert-alkyl or cyclic N) is 1. The molecule has 0 aromatic rings.